The molecule has 5 heterocycles. The number of aryl methyl sites for hydroxylation is 3. The number of nitrogens with one attached hydrogen (secondary N) is 4. The quantitative estimate of drug-likeness (QED) is 0.0824. The van der Waals surface area contributed by atoms with Crippen molar-refractivity contribution < 1.29 is 94.0 Å². The van der Waals surface area contributed by atoms with Gasteiger partial charge in [-0.15, -0.1) is 0 Å². The molecule has 0 bridgehead atoms. The van der Waals surface area contributed by atoms with Crippen LogP contribution in [-0.4, -0.2) is 147 Å². The first-order valence-electron chi connectivity index (χ1n) is 38.7. The van der Waals surface area contributed by atoms with E-state index in [1.807, 2.05) is 78.9 Å². The van der Waals surface area contributed by atoms with E-state index in [1.54, 1.807) is 36.7 Å². The number of aliphatic hydroxyl groups is 1. The smallest absolute Gasteiger partial charge is 0.870 e. The predicted molar refractivity (Wildman–Crippen MR) is 418 cm³/mol. The van der Waals surface area contributed by atoms with Gasteiger partial charge in [-0.3, -0.25) is 29.9 Å². The zero-order valence-electron chi connectivity index (χ0n) is 69.7. The van der Waals surface area contributed by atoms with Crippen LogP contribution in [0, 0.1) is 0 Å². The van der Waals surface area contributed by atoms with Crippen molar-refractivity contribution in [3.05, 3.63) is 238 Å². The molecule has 5 aliphatic carbocycles. The van der Waals surface area contributed by atoms with E-state index in [4.69, 9.17) is 49.0 Å². The van der Waals surface area contributed by atoms with Gasteiger partial charge in [0.2, 0.25) is 0 Å². The Bertz CT molecular complexity index is 4870. The number of hydrogen-bond donors (Lipinski definition) is 10. The standard InChI is InChI=1S/C19H18BrN3O.C16H17N5.C12H14BrN3.C12H14BrNO2.C11H14BrNO.C4H4BN2O2.BH4.Li.Na.H2O/c20-16-8-4-7-13-9-10-19(11-15(13)16)12-21-18(23-19)22-17(24)14-5-2-1-3-6-14;17-15-20-9-16(21-15)5-4-11-2-1-3-13(14(11)6-16)12-7-18-10-19-8-12;13-10-3-1-2-8-4-5-12(6-9(8)10)7-15-11(14)16-12;1-16-11(15)12(14)6-5-9-8(7-12)3-2-4-10(9)13;12-10-3-1-2-8-6-11(13,7-14)5-4-9(8)10;8-5-9-4-1-6-3-7-2-4;;;;/h1-8H,9-12H2,(H2,21,22,23,24);1-3,7-8,10H,4-6,9H2,(H3,17,20,21);1-3H,4-7H2,(H3,14,15,16);2-4H,5-7,14H2,1H3;1-3,14H,4-7,13H2;1-3,8H;1H4;;;1H2/q;;;;;;-1;2*+1;/p-1/t19-;16-;12-;;;;;;;/m000......./s1/i12D2;9D2;7D2;;7D2;;1D4;;;. The molecule has 15 N–H and O–H groups in total. The maximum atomic E-state index is 12.4. The third-order valence-electron chi connectivity index (χ3n) is 18.6. The number of carbonyl (C=O) groups is 2. The number of methoxy groups -OCH3 is 1. The number of rotatable bonds is 6. The number of hydrogen-bond acceptors (Lipinski definition) is 21. The minimum Gasteiger partial charge on any atom is -0.870 e. The summed E-state index contributed by atoms with van der Waals surface area (Å²) in [6.07, 6.45) is 18.8. The van der Waals surface area contributed by atoms with Crippen LogP contribution in [0.3, 0.4) is 0 Å². The molecule has 5 atom stereocenters. The minimum atomic E-state index is -3.00. The maximum Gasteiger partial charge on any atom is 1.00 e. The third kappa shape index (κ3) is 21.1. The molecule has 2 unspecified atom stereocenters. The Morgan fingerprint density at radius 2 is 1.04 bits per heavy atom. The molecule has 104 heavy (non-hydrogen) atoms. The Balaban J connectivity index is 0.000000193. The minimum absolute atomic E-state index is 0. The molecule has 8 aromatic rings. The number of aromatic nitrogens is 4. The summed E-state index contributed by atoms with van der Waals surface area (Å²) in [6.45, 7) is -7.51. The zero-order chi connectivity index (χ0) is 82.2. The Morgan fingerprint density at radius 1 is 0.596 bits per heavy atom. The summed E-state index contributed by atoms with van der Waals surface area (Å²) in [7, 11) is -1.04. The average Bonchev–Trinajstić information content (AvgIpc) is 1.57. The van der Waals surface area contributed by atoms with Gasteiger partial charge in [0.05, 0.1) is 73.1 Å². The molecule has 0 saturated carbocycles. The van der Waals surface area contributed by atoms with Crippen molar-refractivity contribution in [2.45, 2.75) is 124 Å². The first-order chi connectivity index (χ1) is 53.2. The maximum absolute atomic E-state index is 12.4. The van der Waals surface area contributed by atoms with Gasteiger partial charge in [0, 0.05) is 53.4 Å². The second kappa shape index (κ2) is 38.5. The number of nitrogens with two attached hydrogens (primary N) is 4. The van der Waals surface area contributed by atoms with E-state index < -0.39 is 62.0 Å². The number of carbonyl (C=O) groups excluding carboxylic acids is 2. The number of fused-ring (bicyclic) bond motifs is 5. The Kier molecular flexibility index (Phi) is 25.2. The van der Waals surface area contributed by atoms with Gasteiger partial charge in [-0.2, -0.15) is 0 Å². The van der Waals surface area contributed by atoms with E-state index in [1.165, 1.54) is 60.0 Å². The number of amides is 1. The van der Waals surface area contributed by atoms with Crippen LogP contribution in [0.2, 0.25) is 0 Å². The topological polar surface area (TPSA) is 364 Å². The number of benzene rings is 6. The molecule has 8 aliphatic rings. The number of esters is 1. The summed E-state index contributed by atoms with van der Waals surface area (Å²) in [4.78, 5) is 51.5. The fraction of sp³-hybridized carbons (Fsp3) is 0.338. The van der Waals surface area contributed by atoms with E-state index in [0.717, 1.165) is 82.5 Å². The molecule has 535 valence electrons. The van der Waals surface area contributed by atoms with Crippen molar-refractivity contribution in [2.75, 3.05) is 33.2 Å². The van der Waals surface area contributed by atoms with Gasteiger partial charge >= 0.3 is 62.1 Å². The summed E-state index contributed by atoms with van der Waals surface area (Å²) in [5, 5.41) is 29.7. The van der Waals surface area contributed by atoms with Crippen LogP contribution in [-0.2, 0) is 73.7 Å². The number of guanidine groups is 3. The Labute approximate surface area is 694 Å². The van der Waals surface area contributed by atoms with E-state index in [-0.39, 0.29) is 83.6 Å². The molecule has 16 rings (SSSR count). The van der Waals surface area contributed by atoms with E-state index >= 15 is 0 Å². The van der Waals surface area contributed by atoms with E-state index in [2.05, 4.69) is 143 Å². The average molecular weight is 1680 g/mol. The molecule has 1 amide bonds. The number of aliphatic imine (C=N–C) groups is 3. The summed E-state index contributed by atoms with van der Waals surface area (Å²) < 4.78 is 102. The summed E-state index contributed by atoms with van der Waals surface area (Å²) >= 11 is 14.1. The molecular weight excluding hydrogens is 1580 g/mol. The summed E-state index contributed by atoms with van der Waals surface area (Å²) in [5.74, 6) is 0.369. The van der Waals surface area contributed by atoms with Gasteiger partial charge in [0.25, 0.3) is 5.91 Å². The fourth-order valence-corrected chi connectivity index (χ4v) is 15.7. The molecule has 0 fully saturated rings. The zero-order valence-corrected chi connectivity index (χ0v) is 66.0. The second-order valence-corrected chi connectivity index (χ2v) is 28.8. The molecule has 1 radical (unpaired) electrons. The van der Waals surface area contributed by atoms with Crippen LogP contribution in [0.4, 0.5) is 0 Å². The van der Waals surface area contributed by atoms with Gasteiger partial charge in [-0.25, -0.2) is 25.3 Å². The number of halogens is 4. The van der Waals surface area contributed by atoms with Crippen LogP contribution in [0.25, 0.3) is 11.1 Å². The van der Waals surface area contributed by atoms with Crippen LogP contribution in [0.15, 0.2) is 192 Å². The van der Waals surface area contributed by atoms with Gasteiger partial charge in [-0.1, -0.05) is 157 Å². The Morgan fingerprint density at radius 3 is 1.53 bits per heavy atom. The van der Waals surface area contributed by atoms with Crippen LogP contribution < -0.4 is 97.3 Å². The molecule has 3 aliphatic heterocycles. The van der Waals surface area contributed by atoms with Crippen molar-refractivity contribution in [3.8, 4) is 16.9 Å². The SMILES string of the molecule is COC(=O)C1(N)CCc2c(Br)cccc2C1.O[B]Oc1cncnc1.[2H]C([2H])(O)C1(N)CCc2c(Br)cccc2C1.[2H]C1([2H])N=C(N)N[C@]12CCc1cccc(-c3cncnc3)c1C2.[2H]C1([2H])N=C(N)N[C@]12CCc1cccc(Br)c1C2.[2H]C1([2H])N=C(NC(=O)c2ccccc2)N[C@]12CCc1cccc(Br)c1C2.[2H][B-]([2H])([2H])[2H].[Li+].[Na+].[OH-]. The number of ether oxygens (including phenoxy) is 1. The van der Waals surface area contributed by atoms with Crippen molar-refractivity contribution >= 4 is 109 Å². The number of nitrogens with zero attached hydrogens (tertiary/aromatic N) is 7. The second-order valence-electron chi connectivity index (χ2n) is 25.4. The molecular formula is C74H86B2Br4LiN15NaO7. The van der Waals surface area contributed by atoms with Crippen molar-refractivity contribution in [1.29, 1.82) is 5.34 Å². The van der Waals surface area contributed by atoms with Gasteiger partial charge < -0.3 is 63.9 Å². The summed E-state index contributed by atoms with van der Waals surface area (Å²) in [6, 6.07) is 39.0. The van der Waals surface area contributed by atoms with Gasteiger partial charge in [-0.05, 0) is 187 Å². The van der Waals surface area contributed by atoms with E-state index in [0.29, 0.717) is 89.6 Å². The molecule has 0 saturated heterocycles. The van der Waals surface area contributed by atoms with E-state index in [9.17, 15) is 14.7 Å². The van der Waals surface area contributed by atoms with Crippen LogP contribution in [0.1, 0.15) is 109 Å². The van der Waals surface area contributed by atoms with Gasteiger partial charge in [0.1, 0.15) is 23.9 Å². The molecule has 22 nitrogen and oxygen atoms in total. The molecule has 2 aromatic heterocycles. The van der Waals surface area contributed by atoms with Crippen LogP contribution in [0.5, 0.6) is 5.75 Å². The Hall–Kier alpha value is -6.32. The predicted octanol–water partition coefficient (Wildman–Crippen LogP) is 1.15. The molecule has 3 spiro atoms. The normalized spacial score (nSPS) is 25.2. The van der Waals surface area contributed by atoms with Crippen molar-refractivity contribution in [3.63, 3.8) is 0 Å². The first kappa shape index (κ1) is 68.2. The third-order valence-corrected chi connectivity index (χ3v) is 21.6. The van der Waals surface area contributed by atoms with Crippen LogP contribution >= 0.6 is 63.7 Å². The van der Waals surface area contributed by atoms with Gasteiger partial charge in [0.15, 0.2) is 17.9 Å². The summed E-state index contributed by atoms with van der Waals surface area (Å²) in [5.41, 5.74) is 33.3. The van der Waals surface area contributed by atoms with Crippen molar-refractivity contribution in [2.24, 2.45) is 37.9 Å². The van der Waals surface area contributed by atoms with Crippen molar-refractivity contribution in [1.82, 2.24) is 41.2 Å². The molecule has 6 aromatic carbocycles. The largest absolute Gasteiger partial charge is 1.00 e. The first-order valence-corrected chi connectivity index (χ1v) is 35.5. The molecule has 30 heteroatoms. The monoisotopic (exact) mass is 1680 g/mol. The fourth-order valence-electron chi connectivity index (χ4n) is 13.4.